The van der Waals surface area contributed by atoms with Crippen LogP contribution >= 0.6 is 46.4 Å². The van der Waals surface area contributed by atoms with Crippen molar-refractivity contribution in [1.29, 1.82) is 0 Å². The van der Waals surface area contributed by atoms with Crippen molar-refractivity contribution in [3.05, 3.63) is 84.8 Å². The second-order valence-electron chi connectivity index (χ2n) is 5.78. The van der Waals surface area contributed by atoms with Gasteiger partial charge in [-0.2, -0.15) is 0 Å². The third-order valence-electron chi connectivity index (χ3n) is 3.74. The second kappa shape index (κ2) is 8.87. The highest BCUT2D eigenvalue weighted by atomic mass is 35.5. The van der Waals surface area contributed by atoms with E-state index in [4.69, 9.17) is 51.1 Å². The standard InChI is InChI=1S/C18H10Cl4N2O5S/c19-12-3-1-2-4-16(12)23-30(27,28)11-8-14(21)18(15(22)9-11)29-17-6-5-10(24(25)26)7-13(17)20/h1-9,23H. The molecule has 0 saturated carbocycles. The maximum atomic E-state index is 12.7. The first kappa shape index (κ1) is 22.5. The molecule has 0 aromatic heterocycles. The summed E-state index contributed by atoms with van der Waals surface area (Å²) in [5.74, 6) is -0.0124. The van der Waals surface area contributed by atoms with Gasteiger partial charge in [0.25, 0.3) is 15.7 Å². The van der Waals surface area contributed by atoms with E-state index in [1.54, 1.807) is 12.1 Å². The van der Waals surface area contributed by atoms with Crippen LogP contribution in [0, 0.1) is 10.1 Å². The molecule has 0 aliphatic carbocycles. The average Bonchev–Trinajstić information content (AvgIpc) is 2.67. The minimum atomic E-state index is -4.05. The van der Waals surface area contributed by atoms with Crippen molar-refractivity contribution in [1.82, 2.24) is 0 Å². The largest absolute Gasteiger partial charge is 0.453 e. The summed E-state index contributed by atoms with van der Waals surface area (Å²) in [7, 11) is -4.05. The number of nitrogens with zero attached hydrogens (tertiary/aromatic N) is 1. The molecule has 0 spiro atoms. The number of nitrogens with one attached hydrogen (secondary N) is 1. The van der Waals surface area contributed by atoms with E-state index in [1.165, 1.54) is 24.3 Å². The molecule has 30 heavy (non-hydrogen) atoms. The van der Waals surface area contributed by atoms with E-state index >= 15 is 0 Å². The van der Waals surface area contributed by atoms with Gasteiger partial charge in [0.05, 0.1) is 35.6 Å². The summed E-state index contributed by atoms with van der Waals surface area (Å²) in [5.41, 5.74) is -0.0407. The van der Waals surface area contributed by atoms with Gasteiger partial charge >= 0.3 is 0 Å². The molecular formula is C18H10Cl4N2O5S. The number of nitro benzene ring substituents is 1. The topological polar surface area (TPSA) is 98.5 Å². The van der Waals surface area contributed by atoms with E-state index in [9.17, 15) is 18.5 Å². The number of nitro groups is 1. The molecule has 0 aliphatic heterocycles. The molecule has 0 radical (unpaired) electrons. The zero-order valence-electron chi connectivity index (χ0n) is 14.6. The highest BCUT2D eigenvalue weighted by Crippen LogP contribution is 2.41. The SMILES string of the molecule is O=[N+]([O-])c1ccc(Oc2c(Cl)cc(S(=O)(=O)Nc3ccccc3Cl)cc2Cl)c(Cl)c1. The molecule has 0 bridgehead atoms. The van der Waals surface area contributed by atoms with Crippen LogP contribution in [0.25, 0.3) is 0 Å². The normalized spacial score (nSPS) is 11.2. The fourth-order valence-corrected chi connectivity index (χ4v) is 4.61. The molecule has 0 atom stereocenters. The quantitative estimate of drug-likeness (QED) is 0.292. The molecule has 156 valence electrons. The lowest BCUT2D eigenvalue weighted by atomic mass is 10.3. The molecular weight excluding hydrogens is 498 g/mol. The maximum absolute atomic E-state index is 12.7. The number of rotatable bonds is 6. The summed E-state index contributed by atoms with van der Waals surface area (Å²) in [4.78, 5) is 9.97. The van der Waals surface area contributed by atoms with Gasteiger partial charge < -0.3 is 4.74 Å². The van der Waals surface area contributed by atoms with Gasteiger partial charge in [0, 0.05) is 12.1 Å². The molecule has 0 aliphatic rings. The van der Waals surface area contributed by atoms with Crippen molar-refractivity contribution in [3.63, 3.8) is 0 Å². The summed E-state index contributed by atoms with van der Waals surface area (Å²) >= 11 is 24.4. The molecule has 1 N–H and O–H groups in total. The minimum Gasteiger partial charge on any atom is -0.453 e. The fourth-order valence-electron chi connectivity index (χ4n) is 2.33. The summed E-state index contributed by atoms with van der Waals surface area (Å²) in [6.07, 6.45) is 0. The van der Waals surface area contributed by atoms with Gasteiger partial charge in [-0.05, 0) is 30.3 Å². The molecule has 3 rings (SSSR count). The second-order valence-corrected chi connectivity index (χ2v) is 9.09. The van der Waals surface area contributed by atoms with Gasteiger partial charge in [-0.25, -0.2) is 8.42 Å². The Labute approximate surface area is 191 Å². The van der Waals surface area contributed by atoms with Crippen LogP contribution in [-0.4, -0.2) is 13.3 Å². The van der Waals surface area contributed by atoms with Crippen molar-refractivity contribution in [3.8, 4) is 11.5 Å². The van der Waals surface area contributed by atoms with Crippen LogP contribution in [0.5, 0.6) is 11.5 Å². The van der Waals surface area contributed by atoms with Gasteiger partial charge in [0.1, 0.15) is 5.75 Å². The lowest BCUT2D eigenvalue weighted by Gasteiger charge is -2.14. The highest BCUT2D eigenvalue weighted by molar-refractivity contribution is 7.92. The molecule has 0 unspecified atom stereocenters. The van der Waals surface area contributed by atoms with E-state index in [0.717, 1.165) is 18.2 Å². The van der Waals surface area contributed by atoms with Crippen LogP contribution < -0.4 is 9.46 Å². The number of sulfonamides is 1. The molecule has 3 aromatic rings. The van der Waals surface area contributed by atoms with Crippen molar-refractivity contribution in [2.45, 2.75) is 4.90 Å². The Hall–Kier alpha value is -2.23. The molecule has 0 heterocycles. The molecule has 7 nitrogen and oxygen atoms in total. The van der Waals surface area contributed by atoms with Crippen molar-refractivity contribution in [2.75, 3.05) is 4.72 Å². The summed E-state index contributed by atoms with van der Waals surface area (Å²) in [6, 6.07) is 12.2. The first-order valence-electron chi connectivity index (χ1n) is 7.96. The first-order valence-corrected chi connectivity index (χ1v) is 11.0. The Bertz CT molecular complexity index is 1230. The average molecular weight is 508 g/mol. The number of hydrogen-bond donors (Lipinski definition) is 1. The van der Waals surface area contributed by atoms with Crippen LogP contribution in [0.1, 0.15) is 0 Å². The maximum Gasteiger partial charge on any atom is 0.271 e. The number of non-ortho nitro benzene ring substituents is 1. The minimum absolute atomic E-state index is 0.0478. The molecule has 3 aromatic carbocycles. The summed E-state index contributed by atoms with van der Waals surface area (Å²) in [6.45, 7) is 0. The number of hydrogen-bond acceptors (Lipinski definition) is 5. The first-order chi connectivity index (χ1) is 14.1. The Morgan fingerprint density at radius 3 is 2.07 bits per heavy atom. The molecule has 0 saturated heterocycles. The lowest BCUT2D eigenvalue weighted by Crippen LogP contribution is -2.13. The van der Waals surface area contributed by atoms with Crippen LogP contribution in [-0.2, 0) is 10.0 Å². The summed E-state index contributed by atoms with van der Waals surface area (Å²) < 4.78 is 33.2. The van der Waals surface area contributed by atoms with Crippen molar-refractivity contribution >= 4 is 67.8 Å². The van der Waals surface area contributed by atoms with Gasteiger partial charge in [0.15, 0.2) is 5.75 Å². The predicted octanol–water partition coefficient (Wildman–Crippen LogP) is 6.80. The van der Waals surface area contributed by atoms with Crippen LogP contribution in [0.4, 0.5) is 11.4 Å². The monoisotopic (exact) mass is 506 g/mol. The Morgan fingerprint density at radius 1 is 0.867 bits per heavy atom. The lowest BCUT2D eigenvalue weighted by molar-refractivity contribution is -0.384. The third kappa shape index (κ3) is 4.91. The summed E-state index contributed by atoms with van der Waals surface area (Å²) in [5, 5.41) is 10.7. The van der Waals surface area contributed by atoms with Crippen LogP contribution in [0.2, 0.25) is 20.1 Å². The third-order valence-corrected chi connectivity index (χ3v) is 6.27. The van der Waals surface area contributed by atoms with E-state index in [1.807, 2.05) is 0 Å². The van der Waals surface area contributed by atoms with Crippen LogP contribution in [0.3, 0.4) is 0 Å². The van der Waals surface area contributed by atoms with Crippen LogP contribution in [0.15, 0.2) is 59.5 Å². The number of ether oxygens (including phenoxy) is 1. The predicted molar refractivity (Wildman–Crippen MR) is 117 cm³/mol. The number of para-hydroxylation sites is 1. The van der Waals surface area contributed by atoms with Crippen molar-refractivity contribution in [2.24, 2.45) is 0 Å². The Kier molecular flexibility index (Phi) is 6.64. The highest BCUT2D eigenvalue weighted by Gasteiger charge is 2.21. The number of anilines is 1. The Morgan fingerprint density at radius 2 is 1.50 bits per heavy atom. The zero-order chi connectivity index (χ0) is 22.1. The van der Waals surface area contributed by atoms with Gasteiger partial charge in [0.2, 0.25) is 0 Å². The number of halogens is 4. The van der Waals surface area contributed by atoms with Gasteiger partial charge in [-0.15, -0.1) is 0 Å². The van der Waals surface area contributed by atoms with E-state index in [-0.39, 0.29) is 47.9 Å². The smallest absolute Gasteiger partial charge is 0.271 e. The van der Waals surface area contributed by atoms with Gasteiger partial charge in [-0.3, -0.25) is 14.8 Å². The van der Waals surface area contributed by atoms with E-state index < -0.39 is 14.9 Å². The molecule has 0 amide bonds. The van der Waals surface area contributed by atoms with Gasteiger partial charge in [-0.1, -0.05) is 58.5 Å². The fraction of sp³-hybridized carbons (Fsp3) is 0. The van der Waals surface area contributed by atoms with E-state index in [0.29, 0.717) is 0 Å². The Balaban J connectivity index is 1.92. The van der Waals surface area contributed by atoms with Crippen molar-refractivity contribution < 1.29 is 18.1 Å². The number of benzene rings is 3. The molecule has 12 heteroatoms. The van der Waals surface area contributed by atoms with E-state index in [2.05, 4.69) is 4.72 Å². The molecule has 0 fully saturated rings. The zero-order valence-corrected chi connectivity index (χ0v) is 18.4.